The molecule has 0 fully saturated rings. The van der Waals surface area contributed by atoms with Crippen molar-refractivity contribution in [2.24, 2.45) is 5.84 Å². The van der Waals surface area contributed by atoms with Gasteiger partial charge in [0.1, 0.15) is 0 Å². The van der Waals surface area contributed by atoms with Crippen LogP contribution in [0.15, 0.2) is 10.6 Å². The first-order valence-electron chi connectivity index (χ1n) is 2.92. The topological polar surface area (TPSA) is 75.5 Å². The molecule has 0 atom stereocenters. The van der Waals surface area contributed by atoms with Gasteiger partial charge in [0.25, 0.3) is 0 Å². The molecule has 0 aromatic carbocycles. The smallest absolute Gasteiger partial charge is 0.310 e. The summed E-state index contributed by atoms with van der Waals surface area (Å²) in [5.74, 6) is 5.61. The second-order valence-corrected chi connectivity index (χ2v) is 1.81. The molecule has 5 heteroatoms. The van der Waals surface area contributed by atoms with E-state index in [1.807, 2.05) is 6.92 Å². The molecule has 0 amide bonds. The highest BCUT2D eigenvalue weighted by molar-refractivity contribution is 5.36. The van der Waals surface area contributed by atoms with Crippen LogP contribution in [0.4, 0.5) is 5.82 Å². The van der Waals surface area contributed by atoms with E-state index >= 15 is 0 Å². The van der Waals surface area contributed by atoms with Crippen molar-refractivity contribution in [3.63, 3.8) is 0 Å². The quantitative estimate of drug-likeness (QED) is 0.453. The molecular weight excluding hydrogens is 134 g/mol. The fourth-order valence-electron chi connectivity index (χ4n) is 0.554. The largest absolute Gasteiger partial charge is 0.479 e. The van der Waals surface area contributed by atoms with Gasteiger partial charge in [-0.2, -0.15) is 0 Å². The minimum Gasteiger partial charge on any atom is -0.479 e. The van der Waals surface area contributed by atoms with Crippen molar-refractivity contribution in [3.05, 3.63) is 6.07 Å². The molecule has 1 heterocycles. The van der Waals surface area contributed by atoms with Crippen LogP contribution in [0.3, 0.4) is 0 Å². The fourth-order valence-corrected chi connectivity index (χ4v) is 0.554. The molecule has 0 aliphatic carbocycles. The highest BCUT2D eigenvalue weighted by atomic mass is 16.5. The maximum Gasteiger partial charge on any atom is 0.310 e. The molecule has 5 nitrogen and oxygen atoms in total. The van der Waals surface area contributed by atoms with Gasteiger partial charge < -0.3 is 9.63 Å². The maximum atomic E-state index is 8.69. The lowest BCUT2D eigenvalue weighted by atomic mass is 10.6. The molecule has 0 radical (unpaired) electrons. The van der Waals surface area contributed by atoms with Crippen LogP contribution >= 0.6 is 0 Å². The first kappa shape index (κ1) is 6.88. The highest BCUT2D eigenvalue weighted by Gasteiger charge is 2.04. The Bertz CT molecular complexity index is 210. The molecule has 0 aliphatic heterocycles. The highest BCUT2D eigenvalue weighted by Crippen LogP contribution is 2.15. The lowest BCUT2D eigenvalue weighted by Gasteiger charge is -2.09. The van der Waals surface area contributed by atoms with Gasteiger partial charge in [-0.05, 0) is 6.92 Å². The van der Waals surface area contributed by atoms with Crippen molar-refractivity contribution in [3.8, 4) is 5.95 Å². The zero-order valence-electron chi connectivity index (χ0n) is 5.61. The molecule has 0 saturated carbocycles. The van der Waals surface area contributed by atoms with Crippen LogP contribution in [0, 0.1) is 0 Å². The Morgan fingerprint density at radius 3 is 3.00 bits per heavy atom. The number of anilines is 1. The van der Waals surface area contributed by atoms with Gasteiger partial charge in [-0.3, -0.25) is 5.01 Å². The van der Waals surface area contributed by atoms with Crippen LogP contribution in [0.25, 0.3) is 0 Å². The summed E-state index contributed by atoms with van der Waals surface area (Å²) >= 11 is 0. The summed E-state index contributed by atoms with van der Waals surface area (Å²) in [5.41, 5.74) is 0. The Balaban J connectivity index is 2.74. The number of rotatable bonds is 2. The molecule has 0 unspecified atom stereocenters. The average molecular weight is 143 g/mol. The minimum absolute atomic E-state index is 0.223. The molecule has 0 aliphatic rings. The van der Waals surface area contributed by atoms with E-state index in [0.717, 1.165) is 0 Å². The van der Waals surface area contributed by atoms with Crippen molar-refractivity contribution in [2.45, 2.75) is 6.92 Å². The number of aromatic hydroxyl groups is 1. The molecule has 0 spiro atoms. The van der Waals surface area contributed by atoms with Crippen LogP contribution in [-0.2, 0) is 0 Å². The van der Waals surface area contributed by atoms with Crippen molar-refractivity contribution < 1.29 is 9.63 Å². The molecule has 0 bridgehead atoms. The van der Waals surface area contributed by atoms with E-state index < -0.39 is 0 Å². The summed E-state index contributed by atoms with van der Waals surface area (Å²) in [6, 6.07) is 1.35. The molecule has 1 aromatic heterocycles. The SMILES string of the molecule is CCN(N)c1cc(O)on1. The van der Waals surface area contributed by atoms with E-state index in [1.54, 1.807) is 0 Å². The van der Waals surface area contributed by atoms with Crippen molar-refractivity contribution >= 4 is 5.82 Å². The minimum atomic E-state index is -0.223. The van der Waals surface area contributed by atoms with Gasteiger partial charge >= 0.3 is 5.95 Å². The third-order valence-electron chi connectivity index (χ3n) is 1.12. The summed E-state index contributed by atoms with van der Waals surface area (Å²) in [5, 5.41) is 13.5. The van der Waals surface area contributed by atoms with Gasteiger partial charge in [0, 0.05) is 6.54 Å². The Kier molecular flexibility index (Phi) is 1.77. The third-order valence-corrected chi connectivity index (χ3v) is 1.12. The van der Waals surface area contributed by atoms with Gasteiger partial charge in [0.2, 0.25) is 0 Å². The second kappa shape index (κ2) is 2.57. The van der Waals surface area contributed by atoms with Crippen LogP contribution in [0.2, 0.25) is 0 Å². The van der Waals surface area contributed by atoms with Crippen LogP contribution in [0.5, 0.6) is 5.95 Å². The predicted octanol–water partition coefficient (Wildman–Crippen LogP) is 0.0802. The van der Waals surface area contributed by atoms with Gasteiger partial charge in [0.05, 0.1) is 6.07 Å². The monoisotopic (exact) mass is 143 g/mol. The molecule has 0 saturated heterocycles. The molecule has 1 aromatic rings. The predicted molar refractivity (Wildman–Crippen MR) is 35.4 cm³/mol. The molecule has 10 heavy (non-hydrogen) atoms. The summed E-state index contributed by atoms with van der Waals surface area (Å²) in [4.78, 5) is 0. The van der Waals surface area contributed by atoms with Crippen molar-refractivity contribution in [1.29, 1.82) is 0 Å². The lowest BCUT2D eigenvalue weighted by Crippen LogP contribution is -2.30. The first-order valence-corrected chi connectivity index (χ1v) is 2.92. The van der Waals surface area contributed by atoms with Crippen LogP contribution < -0.4 is 10.9 Å². The number of aromatic nitrogens is 1. The second-order valence-electron chi connectivity index (χ2n) is 1.81. The van der Waals surface area contributed by atoms with Crippen LogP contribution in [0.1, 0.15) is 6.92 Å². The van der Waals surface area contributed by atoms with E-state index in [1.165, 1.54) is 11.1 Å². The van der Waals surface area contributed by atoms with Gasteiger partial charge in [-0.15, -0.1) is 0 Å². The van der Waals surface area contributed by atoms with Crippen molar-refractivity contribution in [2.75, 3.05) is 11.6 Å². The van der Waals surface area contributed by atoms with Gasteiger partial charge in [0.15, 0.2) is 5.82 Å². The average Bonchev–Trinajstić information content (AvgIpc) is 2.34. The third kappa shape index (κ3) is 1.19. The Hall–Kier alpha value is -1.23. The van der Waals surface area contributed by atoms with E-state index in [2.05, 4.69) is 9.68 Å². The Morgan fingerprint density at radius 2 is 2.60 bits per heavy atom. The van der Waals surface area contributed by atoms with Crippen LogP contribution in [-0.4, -0.2) is 16.8 Å². The first-order chi connectivity index (χ1) is 4.74. The van der Waals surface area contributed by atoms with E-state index in [4.69, 9.17) is 10.9 Å². The van der Waals surface area contributed by atoms with Gasteiger partial charge in [-0.25, -0.2) is 5.84 Å². The lowest BCUT2D eigenvalue weighted by molar-refractivity contribution is 0.278. The number of hydrogen-bond donors (Lipinski definition) is 2. The Labute approximate surface area is 58.0 Å². The van der Waals surface area contributed by atoms with E-state index in [9.17, 15) is 0 Å². The molecular formula is C5H9N3O2. The summed E-state index contributed by atoms with van der Waals surface area (Å²) in [6.07, 6.45) is 0. The van der Waals surface area contributed by atoms with Crippen molar-refractivity contribution in [1.82, 2.24) is 5.16 Å². The number of hydrazine groups is 1. The van der Waals surface area contributed by atoms with E-state index in [0.29, 0.717) is 12.4 Å². The number of hydrogen-bond acceptors (Lipinski definition) is 5. The standard InChI is InChI=1S/C5H9N3O2/c1-2-8(6)4-3-5(9)10-7-4/h3,9H,2,6H2,1H3. The maximum absolute atomic E-state index is 8.69. The fraction of sp³-hybridized carbons (Fsp3) is 0.400. The molecule has 1 rings (SSSR count). The zero-order chi connectivity index (χ0) is 7.56. The summed E-state index contributed by atoms with van der Waals surface area (Å²) < 4.78 is 4.37. The molecule has 56 valence electrons. The summed E-state index contributed by atoms with van der Waals surface area (Å²) in [6.45, 7) is 2.48. The zero-order valence-corrected chi connectivity index (χ0v) is 5.61. The summed E-state index contributed by atoms with van der Waals surface area (Å²) in [7, 11) is 0. The van der Waals surface area contributed by atoms with E-state index in [-0.39, 0.29) is 5.95 Å². The van der Waals surface area contributed by atoms with Gasteiger partial charge in [-0.1, -0.05) is 5.16 Å². The number of nitrogens with two attached hydrogens (primary N) is 1. The normalized spacial score (nSPS) is 9.80. The Morgan fingerprint density at radius 1 is 1.90 bits per heavy atom. The molecule has 3 N–H and O–H groups in total. The number of nitrogens with zero attached hydrogens (tertiary/aromatic N) is 2.